The van der Waals surface area contributed by atoms with Gasteiger partial charge in [-0.05, 0) is 12.8 Å². The van der Waals surface area contributed by atoms with Gasteiger partial charge in [0.25, 0.3) is 0 Å². The van der Waals surface area contributed by atoms with Crippen LogP contribution in [0.25, 0.3) is 0 Å². The summed E-state index contributed by atoms with van der Waals surface area (Å²) in [6.07, 6.45) is 1.22. The number of anilines is 1. The second-order valence-corrected chi connectivity index (χ2v) is 6.79. The molecule has 10 heteroatoms. The first kappa shape index (κ1) is 17.6. The van der Waals surface area contributed by atoms with Gasteiger partial charge in [-0.15, -0.1) is 11.3 Å². The Hall–Kier alpha value is -2.20. The van der Waals surface area contributed by atoms with Gasteiger partial charge in [0.05, 0.1) is 25.3 Å². The lowest BCUT2D eigenvalue weighted by Crippen LogP contribution is -2.43. The van der Waals surface area contributed by atoms with E-state index in [1.165, 1.54) is 16.2 Å². The van der Waals surface area contributed by atoms with Crippen molar-refractivity contribution in [2.45, 2.75) is 25.3 Å². The number of nitrogens with zero attached hydrogens (tertiary/aromatic N) is 3. The van der Waals surface area contributed by atoms with Crippen molar-refractivity contribution in [2.24, 2.45) is 0 Å². The third-order valence-electron chi connectivity index (χ3n) is 4.25. The number of carboxylic acid groups (broad SMARTS) is 1. The summed E-state index contributed by atoms with van der Waals surface area (Å²) in [6, 6.07) is -0.979. The average molecular weight is 368 g/mol. The Balaban J connectivity index is 1.55. The largest absolute Gasteiger partial charge is 0.480 e. The summed E-state index contributed by atoms with van der Waals surface area (Å²) in [4.78, 5) is 42.9. The monoisotopic (exact) mass is 368 g/mol. The number of urea groups is 1. The fourth-order valence-corrected chi connectivity index (χ4v) is 3.66. The molecule has 1 atom stereocenters. The zero-order valence-electron chi connectivity index (χ0n) is 13.6. The fraction of sp³-hybridized carbons (Fsp3) is 0.600. The van der Waals surface area contributed by atoms with Gasteiger partial charge >= 0.3 is 12.0 Å². The van der Waals surface area contributed by atoms with Gasteiger partial charge in [-0.2, -0.15) is 0 Å². The molecule has 2 fully saturated rings. The molecule has 2 aliphatic rings. The minimum atomic E-state index is -0.970. The number of nitrogens with one attached hydrogen (secondary N) is 1. The molecule has 0 saturated carbocycles. The maximum absolute atomic E-state index is 12.3. The maximum atomic E-state index is 12.3. The number of hydrogen-bond acceptors (Lipinski definition) is 6. The first-order chi connectivity index (χ1) is 12.0. The molecule has 3 rings (SSSR count). The molecule has 1 aromatic heterocycles. The van der Waals surface area contributed by atoms with E-state index in [4.69, 9.17) is 9.84 Å². The third-order valence-corrected chi connectivity index (χ3v) is 5.06. The van der Waals surface area contributed by atoms with Crippen molar-refractivity contribution < 1.29 is 24.2 Å². The van der Waals surface area contributed by atoms with Crippen LogP contribution in [0.15, 0.2) is 5.38 Å². The number of ether oxygens (including phenoxy) is 1. The Morgan fingerprint density at radius 2 is 2.08 bits per heavy atom. The topological polar surface area (TPSA) is 112 Å². The SMILES string of the molecule is O=C(O)C1CCCN1C(=O)Cc1csc(NC(=O)N2CCOCC2)n1. The Morgan fingerprint density at radius 3 is 2.80 bits per heavy atom. The molecule has 2 N–H and O–H groups in total. The highest BCUT2D eigenvalue weighted by Gasteiger charge is 2.34. The number of morpholine rings is 1. The van der Waals surface area contributed by atoms with Gasteiger partial charge in [0.1, 0.15) is 6.04 Å². The van der Waals surface area contributed by atoms with Crippen molar-refractivity contribution in [1.29, 1.82) is 0 Å². The minimum Gasteiger partial charge on any atom is -0.480 e. The number of likely N-dealkylation sites (tertiary alicyclic amines) is 1. The van der Waals surface area contributed by atoms with E-state index in [2.05, 4.69) is 10.3 Å². The van der Waals surface area contributed by atoms with E-state index in [0.717, 1.165) is 0 Å². The predicted molar refractivity (Wildman–Crippen MR) is 89.6 cm³/mol. The zero-order valence-corrected chi connectivity index (χ0v) is 14.5. The normalized spacial score (nSPS) is 20.6. The molecule has 3 heterocycles. The third kappa shape index (κ3) is 4.26. The van der Waals surface area contributed by atoms with Crippen molar-refractivity contribution in [3.63, 3.8) is 0 Å². The van der Waals surface area contributed by atoms with Crippen LogP contribution in [0.3, 0.4) is 0 Å². The molecule has 1 unspecified atom stereocenters. The Bertz CT molecular complexity index is 658. The smallest absolute Gasteiger partial charge is 0.326 e. The van der Waals surface area contributed by atoms with E-state index in [9.17, 15) is 14.4 Å². The lowest BCUT2D eigenvalue weighted by atomic mass is 10.2. The number of aromatic nitrogens is 1. The van der Waals surface area contributed by atoms with Gasteiger partial charge in [0, 0.05) is 25.0 Å². The molecule has 0 radical (unpaired) electrons. The van der Waals surface area contributed by atoms with Crippen LogP contribution in [0.2, 0.25) is 0 Å². The highest BCUT2D eigenvalue weighted by molar-refractivity contribution is 7.13. The Labute approximate surface area is 148 Å². The molecule has 0 aliphatic carbocycles. The van der Waals surface area contributed by atoms with Crippen LogP contribution in [-0.4, -0.2) is 76.7 Å². The average Bonchev–Trinajstić information content (AvgIpc) is 3.25. The van der Waals surface area contributed by atoms with Gasteiger partial charge in [0.15, 0.2) is 5.13 Å². The van der Waals surface area contributed by atoms with E-state index in [1.807, 2.05) is 0 Å². The lowest BCUT2D eigenvalue weighted by molar-refractivity contribution is -0.148. The minimum absolute atomic E-state index is 0.0354. The van der Waals surface area contributed by atoms with Crippen LogP contribution in [0.5, 0.6) is 0 Å². The van der Waals surface area contributed by atoms with Crippen LogP contribution in [0.4, 0.5) is 9.93 Å². The molecule has 0 bridgehead atoms. The second-order valence-electron chi connectivity index (χ2n) is 5.93. The van der Waals surface area contributed by atoms with Gasteiger partial charge in [-0.25, -0.2) is 14.6 Å². The molecule has 2 aliphatic heterocycles. The summed E-state index contributed by atoms with van der Waals surface area (Å²) in [7, 11) is 0. The molecular formula is C15H20N4O5S. The van der Waals surface area contributed by atoms with E-state index >= 15 is 0 Å². The van der Waals surface area contributed by atoms with Gasteiger partial charge in [-0.3, -0.25) is 10.1 Å². The van der Waals surface area contributed by atoms with E-state index in [0.29, 0.717) is 56.5 Å². The maximum Gasteiger partial charge on any atom is 0.326 e. The number of amides is 3. The Morgan fingerprint density at radius 1 is 1.32 bits per heavy atom. The molecule has 136 valence electrons. The number of carboxylic acids is 1. The summed E-state index contributed by atoms with van der Waals surface area (Å²) >= 11 is 1.25. The van der Waals surface area contributed by atoms with Crippen LogP contribution >= 0.6 is 11.3 Å². The van der Waals surface area contributed by atoms with E-state index < -0.39 is 12.0 Å². The number of rotatable bonds is 4. The number of carbonyl (C=O) groups is 3. The van der Waals surface area contributed by atoms with Gasteiger partial charge in [0.2, 0.25) is 5.91 Å². The second kappa shape index (κ2) is 7.79. The molecule has 1 aromatic rings. The van der Waals surface area contributed by atoms with Gasteiger partial charge < -0.3 is 19.6 Å². The van der Waals surface area contributed by atoms with Crippen molar-refractivity contribution >= 4 is 34.4 Å². The number of hydrogen-bond donors (Lipinski definition) is 2. The number of carbonyl (C=O) groups excluding carboxylic acids is 2. The first-order valence-corrected chi connectivity index (χ1v) is 9.03. The molecule has 3 amide bonds. The predicted octanol–water partition coefficient (Wildman–Crippen LogP) is 0.625. The van der Waals surface area contributed by atoms with Crippen LogP contribution < -0.4 is 5.32 Å². The lowest BCUT2D eigenvalue weighted by Gasteiger charge is -2.26. The highest BCUT2D eigenvalue weighted by Crippen LogP contribution is 2.21. The fourth-order valence-electron chi connectivity index (χ4n) is 2.96. The molecule has 2 saturated heterocycles. The highest BCUT2D eigenvalue weighted by atomic mass is 32.1. The number of aliphatic carboxylic acids is 1. The summed E-state index contributed by atoms with van der Waals surface area (Å²) in [5.41, 5.74) is 0.531. The van der Waals surface area contributed by atoms with Crippen molar-refractivity contribution in [3.05, 3.63) is 11.1 Å². The zero-order chi connectivity index (χ0) is 17.8. The van der Waals surface area contributed by atoms with E-state index in [-0.39, 0.29) is 18.4 Å². The molecule has 0 aromatic carbocycles. The van der Waals surface area contributed by atoms with Crippen molar-refractivity contribution in [2.75, 3.05) is 38.2 Å². The van der Waals surface area contributed by atoms with Crippen LogP contribution in [-0.2, 0) is 20.7 Å². The molecule has 25 heavy (non-hydrogen) atoms. The molecule has 0 spiro atoms. The van der Waals surface area contributed by atoms with Crippen molar-refractivity contribution in [3.8, 4) is 0 Å². The van der Waals surface area contributed by atoms with Crippen LogP contribution in [0.1, 0.15) is 18.5 Å². The molecular weight excluding hydrogens is 348 g/mol. The quantitative estimate of drug-likeness (QED) is 0.806. The van der Waals surface area contributed by atoms with Gasteiger partial charge in [-0.1, -0.05) is 0 Å². The first-order valence-electron chi connectivity index (χ1n) is 8.15. The van der Waals surface area contributed by atoms with Crippen molar-refractivity contribution in [1.82, 2.24) is 14.8 Å². The van der Waals surface area contributed by atoms with Crippen LogP contribution in [0, 0.1) is 0 Å². The summed E-state index contributed by atoms with van der Waals surface area (Å²) in [5, 5.41) is 14.0. The summed E-state index contributed by atoms with van der Waals surface area (Å²) < 4.78 is 5.20. The standard InChI is InChI=1S/C15H20N4O5S/c20-12(19-3-1-2-11(19)13(21)22)8-10-9-25-14(16-10)17-15(23)18-4-6-24-7-5-18/h9,11H,1-8H2,(H,21,22)(H,16,17,23). The summed E-state index contributed by atoms with van der Waals surface area (Å²) in [6.45, 7) is 2.57. The molecule has 9 nitrogen and oxygen atoms in total. The van der Waals surface area contributed by atoms with E-state index in [1.54, 1.807) is 10.3 Å². The number of thiazole rings is 1. The Kier molecular flexibility index (Phi) is 5.49. The summed E-state index contributed by atoms with van der Waals surface area (Å²) in [5.74, 6) is -1.22.